The number of hydrogen-bond donors (Lipinski definition) is 0. The molecule has 3 heteroatoms. The number of anilines is 6. The number of aryl methyl sites for hydroxylation is 2. The van der Waals surface area contributed by atoms with E-state index < -0.39 is 0 Å². The zero-order valence-corrected chi connectivity index (χ0v) is 52.4. The predicted octanol–water partition coefficient (Wildman–Crippen LogP) is 24.7. The molecule has 1 aromatic heterocycles. The molecular formula is C89H69N3. The van der Waals surface area contributed by atoms with E-state index in [1.807, 2.05) is 18.2 Å². The van der Waals surface area contributed by atoms with Gasteiger partial charge in [-0.3, -0.25) is 0 Å². The second-order valence-corrected chi connectivity index (χ2v) is 24.8. The van der Waals surface area contributed by atoms with Crippen molar-refractivity contribution in [2.24, 2.45) is 0 Å². The Morgan fingerprint density at radius 3 is 1.28 bits per heavy atom. The van der Waals surface area contributed by atoms with Crippen molar-refractivity contribution in [1.29, 1.82) is 0 Å². The lowest BCUT2D eigenvalue weighted by molar-refractivity contribution is 0.662. The molecule has 0 bridgehead atoms. The molecule has 15 rings (SSSR count). The number of benzene rings is 13. The Kier molecular flexibility index (Phi) is 14.7. The van der Waals surface area contributed by atoms with Crippen molar-refractivity contribution in [3.05, 3.63) is 363 Å². The Bertz CT molecular complexity index is 5070. The van der Waals surface area contributed by atoms with Crippen LogP contribution in [0.3, 0.4) is 0 Å². The molecule has 1 aliphatic rings. The fourth-order valence-corrected chi connectivity index (χ4v) is 14.0. The quantitative estimate of drug-likeness (QED) is 0.0948. The van der Waals surface area contributed by atoms with Gasteiger partial charge in [0, 0.05) is 56.0 Å². The first-order chi connectivity index (χ1) is 45.1. The van der Waals surface area contributed by atoms with E-state index in [1.54, 1.807) is 0 Å². The van der Waals surface area contributed by atoms with Crippen LogP contribution in [0.1, 0.15) is 41.7 Å². The number of hydrogen-bond acceptors (Lipinski definition) is 2. The van der Waals surface area contributed by atoms with Crippen molar-refractivity contribution in [2.45, 2.75) is 33.1 Å². The Morgan fingerprint density at radius 2 is 0.761 bits per heavy atom. The van der Waals surface area contributed by atoms with Gasteiger partial charge in [0.25, 0.3) is 0 Å². The Labute approximate surface area is 540 Å². The summed E-state index contributed by atoms with van der Waals surface area (Å²) in [6.07, 6.45) is 5.73. The summed E-state index contributed by atoms with van der Waals surface area (Å²) in [5.74, 6) is 0. The first kappa shape index (κ1) is 57.0. The van der Waals surface area contributed by atoms with Crippen molar-refractivity contribution in [3.8, 4) is 72.4 Å². The van der Waals surface area contributed by atoms with Crippen LogP contribution in [-0.2, 0) is 5.41 Å². The fourth-order valence-electron chi connectivity index (χ4n) is 14.0. The van der Waals surface area contributed by atoms with Gasteiger partial charge in [-0.05, 0) is 218 Å². The molecule has 440 valence electrons. The van der Waals surface area contributed by atoms with Crippen LogP contribution in [-0.4, -0.2) is 4.57 Å². The molecule has 0 aliphatic heterocycles. The van der Waals surface area contributed by atoms with Gasteiger partial charge in [-0.15, -0.1) is 0 Å². The van der Waals surface area contributed by atoms with Crippen LogP contribution in [0.5, 0.6) is 0 Å². The molecular weight excluding hydrogens is 1110 g/mol. The zero-order valence-electron chi connectivity index (χ0n) is 52.4. The van der Waals surface area contributed by atoms with Crippen LogP contribution in [0, 0.1) is 13.8 Å². The summed E-state index contributed by atoms with van der Waals surface area (Å²) >= 11 is 0. The van der Waals surface area contributed by atoms with E-state index >= 15 is 0 Å². The normalized spacial score (nSPS) is 12.4. The summed E-state index contributed by atoms with van der Waals surface area (Å²) < 4.78 is 2.45. The highest BCUT2D eigenvalue weighted by Crippen LogP contribution is 2.55. The van der Waals surface area contributed by atoms with Crippen LogP contribution < -0.4 is 9.80 Å². The molecule has 14 aromatic rings. The summed E-state index contributed by atoms with van der Waals surface area (Å²) in [5, 5.41) is 2.41. The minimum Gasteiger partial charge on any atom is -0.310 e. The first-order valence-corrected chi connectivity index (χ1v) is 31.8. The van der Waals surface area contributed by atoms with Crippen LogP contribution >= 0.6 is 0 Å². The van der Waals surface area contributed by atoms with Crippen LogP contribution in [0.15, 0.2) is 335 Å². The fraction of sp³-hybridized carbons (Fsp3) is 0.0562. The van der Waals surface area contributed by atoms with Crippen molar-refractivity contribution in [3.63, 3.8) is 0 Å². The molecule has 0 spiro atoms. The zero-order chi connectivity index (χ0) is 62.5. The maximum Gasteiger partial charge on any atom is 0.0541 e. The lowest BCUT2D eigenvalue weighted by atomic mass is 9.78. The van der Waals surface area contributed by atoms with Crippen LogP contribution in [0.2, 0.25) is 0 Å². The highest BCUT2D eigenvalue weighted by Gasteiger charge is 2.38. The van der Waals surface area contributed by atoms with Gasteiger partial charge in [0.15, 0.2) is 0 Å². The second kappa shape index (κ2) is 23.8. The largest absolute Gasteiger partial charge is 0.310 e. The average molecular weight is 1180 g/mol. The van der Waals surface area contributed by atoms with Crippen molar-refractivity contribution >= 4 is 61.5 Å². The van der Waals surface area contributed by atoms with E-state index in [9.17, 15) is 0 Å². The third kappa shape index (κ3) is 10.4. The van der Waals surface area contributed by atoms with E-state index in [4.69, 9.17) is 0 Å². The van der Waals surface area contributed by atoms with Crippen LogP contribution in [0.4, 0.5) is 34.1 Å². The first-order valence-electron chi connectivity index (χ1n) is 31.8. The van der Waals surface area contributed by atoms with E-state index in [2.05, 4.69) is 359 Å². The van der Waals surface area contributed by atoms with Crippen molar-refractivity contribution in [2.75, 3.05) is 9.80 Å². The molecule has 13 aromatic carbocycles. The molecule has 3 nitrogen and oxygen atoms in total. The van der Waals surface area contributed by atoms with Gasteiger partial charge >= 0.3 is 0 Å². The Hall–Kier alpha value is -11.5. The number of aromatic nitrogens is 1. The topological polar surface area (TPSA) is 11.4 Å². The van der Waals surface area contributed by atoms with Crippen molar-refractivity contribution < 1.29 is 0 Å². The average Bonchev–Trinajstić information content (AvgIpc) is 1.56. The smallest absolute Gasteiger partial charge is 0.0541 e. The van der Waals surface area contributed by atoms with Gasteiger partial charge in [-0.2, -0.15) is 0 Å². The minimum absolute atomic E-state index is 0.314. The van der Waals surface area contributed by atoms with Gasteiger partial charge in [-0.25, -0.2) is 0 Å². The molecule has 0 saturated carbocycles. The van der Waals surface area contributed by atoms with E-state index in [0.29, 0.717) is 0 Å². The SMILES string of the molecule is C=C/C=C(\C=C)c1ccc(N(c2ccc(-c3ccccc3)cc2)c2cc(-c3cc(-c4ccc5c(c4)c4cc(-c6ccccc6)ccc4n5-c4ccc(-c5ccccc5)cc4)c4c(c3)-c3ccccc3C4(C)C)cc(N(c3ccc(C)cc3)c3ccc(C)cc3)c2)cc1. The summed E-state index contributed by atoms with van der Waals surface area (Å²) in [4.78, 5) is 4.82. The maximum atomic E-state index is 4.16. The number of rotatable bonds is 15. The minimum atomic E-state index is -0.314. The predicted molar refractivity (Wildman–Crippen MR) is 393 cm³/mol. The molecule has 0 saturated heterocycles. The van der Waals surface area contributed by atoms with Gasteiger partial charge in [0.2, 0.25) is 0 Å². The van der Waals surface area contributed by atoms with E-state index in [1.165, 1.54) is 83.1 Å². The van der Waals surface area contributed by atoms with Crippen molar-refractivity contribution in [1.82, 2.24) is 4.57 Å². The molecule has 0 N–H and O–H groups in total. The lowest BCUT2D eigenvalue weighted by Crippen LogP contribution is -2.16. The number of nitrogens with zero attached hydrogens (tertiary/aromatic N) is 3. The Balaban J connectivity index is 0.982. The molecule has 0 atom stereocenters. The Morgan fingerprint density at radius 1 is 0.348 bits per heavy atom. The standard InChI is InChI=1S/C89H69N3/c1-7-20-62(8-2)66-33-45-75(46-34-66)91(76-47-35-67(36-48-76)63-21-12-9-13-22-63)79-54-71(53-78(59-79)90(73-41-29-60(3)30-42-73)74-43-31-61(4)32-44-74)72-57-81(88-84(58-72)80-27-18-19-28-85(80)89(88,5)6)70-40-52-87-83(56-70)82-55-69(65-25-16-11-17-26-65)39-51-86(82)92(87)77-49-37-68(38-50-77)64-23-14-10-15-24-64/h7-59H,1-2H2,3-6H3/b62-20+. The summed E-state index contributed by atoms with van der Waals surface area (Å²) in [5.41, 5.74) is 30.7. The van der Waals surface area contributed by atoms with Gasteiger partial charge in [0.05, 0.1) is 11.0 Å². The lowest BCUT2D eigenvalue weighted by Gasteiger charge is -2.31. The van der Waals surface area contributed by atoms with Gasteiger partial charge in [0.1, 0.15) is 0 Å². The molecule has 0 amide bonds. The number of fused-ring (bicyclic) bond motifs is 6. The van der Waals surface area contributed by atoms with E-state index in [-0.39, 0.29) is 5.41 Å². The van der Waals surface area contributed by atoms with Gasteiger partial charge < -0.3 is 14.4 Å². The molecule has 1 aliphatic carbocycles. The molecule has 0 unspecified atom stereocenters. The summed E-state index contributed by atoms with van der Waals surface area (Å²) in [6, 6.07) is 112. The highest BCUT2D eigenvalue weighted by atomic mass is 15.2. The molecule has 0 radical (unpaired) electrons. The summed E-state index contributed by atoms with van der Waals surface area (Å²) in [6.45, 7) is 17.3. The third-order valence-corrected chi connectivity index (χ3v) is 18.6. The molecule has 0 fully saturated rings. The van der Waals surface area contributed by atoms with Crippen LogP contribution in [0.25, 0.3) is 99.8 Å². The van der Waals surface area contributed by atoms with Gasteiger partial charge in [-0.1, -0.05) is 244 Å². The molecule has 92 heavy (non-hydrogen) atoms. The summed E-state index contributed by atoms with van der Waals surface area (Å²) in [7, 11) is 0. The molecule has 1 heterocycles. The maximum absolute atomic E-state index is 4.16. The van der Waals surface area contributed by atoms with E-state index in [0.717, 1.165) is 78.7 Å². The number of allylic oxidation sites excluding steroid dienone is 4. The third-order valence-electron chi connectivity index (χ3n) is 18.6. The second-order valence-electron chi connectivity index (χ2n) is 24.8. The highest BCUT2D eigenvalue weighted by molar-refractivity contribution is 6.12. The monoisotopic (exact) mass is 1180 g/mol.